The van der Waals surface area contributed by atoms with Crippen molar-refractivity contribution in [1.82, 2.24) is 10.3 Å². The highest BCUT2D eigenvalue weighted by atomic mass is 79.9. The molecule has 0 saturated heterocycles. The van der Waals surface area contributed by atoms with Gasteiger partial charge in [0.05, 0.1) is 35.9 Å². The van der Waals surface area contributed by atoms with E-state index in [0.29, 0.717) is 42.5 Å². The number of benzene rings is 2. The quantitative estimate of drug-likeness (QED) is 0.504. The molecule has 0 fully saturated rings. The van der Waals surface area contributed by atoms with Gasteiger partial charge in [0.2, 0.25) is 5.91 Å². The van der Waals surface area contributed by atoms with Crippen molar-refractivity contribution in [2.45, 2.75) is 44.8 Å². The summed E-state index contributed by atoms with van der Waals surface area (Å²) in [5.74, 6) is -0.544. The Hall–Kier alpha value is -2.69. The van der Waals surface area contributed by atoms with Gasteiger partial charge < -0.3 is 15.0 Å². The molecule has 4 rings (SSSR count). The number of hydrogen-bond acceptors (Lipinski definition) is 3. The number of H-pyrrole nitrogens is 1. The summed E-state index contributed by atoms with van der Waals surface area (Å²) in [6, 6.07) is 12.7. The van der Waals surface area contributed by atoms with Gasteiger partial charge in [-0.25, -0.2) is 4.39 Å². The Morgan fingerprint density at radius 1 is 1.32 bits per heavy atom. The highest BCUT2D eigenvalue weighted by molar-refractivity contribution is 9.10. The van der Waals surface area contributed by atoms with Crippen molar-refractivity contribution in [2.24, 2.45) is 0 Å². The van der Waals surface area contributed by atoms with Crippen molar-refractivity contribution < 1.29 is 13.9 Å². The molecular formula is C24H23BrFN3O2. The third-order valence-corrected chi connectivity index (χ3v) is 6.35. The molecule has 3 aromatic rings. The van der Waals surface area contributed by atoms with Crippen LogP contribution in [0, 0.1) is 17.1 Å². The van der Waals surface area contributed by atoms with E-state index in [2.05, 4.69) is 32.3 Å². The van der Waals surface area contributed by atoms with E-state index in [9.17, 15) is 14.4 Å². The monoisotopic (exact) mass is 483 g/mol. The van der Waals surface area contributed by atoms with E-state index in [1.54, 1.807) is 0 Å². The maximum absolute atomic E-state index is 14.6. The summed E-state index contributed by atoms with van der Waals surface area (Å²) in [5.41, 5.74) is 2.47. The molecule has 7 heteroatoms. The number of nitrogens with one attached hydrogen (secondary N) is 2. The Morgan fingerprint density at radius 2 is 2.10 bits per heavy atom. The smallest absolute Gasteiger partial charge is 0.223 e. The van der Waals surface area contributed by atoms with Crippen molar-refractivity contribution in [3.8, 4) is 6.07 Å². The first kappa shape index (κ1) is 21.5. The van der Waals surface area contributed by atoms with Crippen molar-refractivity contribution in [3.63, 3.8) is 0 Å². The van der Waals surface area contributed by atoms with Gasteiger partial charge in [0.15, 0.2) is 0 Å². The fraction of sp³-hybridized carbons (Fsp3) is 0.333. The molecule has 2 aromatic carbocycles. The summed E-state index contributed by atoms with van der Waals surface area (Å²) in [4.78, 5) is 16.1. The predicted octanol–water partition coefficient (Wildman–Crippen LogP) is 5.22. The molecule has 0 radical (unpaired) electrons. The SMILES string of the molecule is CCC[C@]1(CC(=O)NCc2ccc(Br)cc2)OCCc2c1[nH]c1c(F)ccc(C#N)c21. The van der Waals surface area contributed by atoms with Gasteiger partial charge in [0, 0.05) is 16.4 Å². The van der Waals surface area contributed by atoms with Crippen LogP contribution in [0.4, 0.5) is 4.39 Å². The lowest BCUT2D eigenvalue weighted by molar-refractivity contribution is -0.133. The molecule has 31 heavy (non-hydrogen) atoms. The fourth-order valence-corrected chi connectivity index (χ4v) is 4.71. The lowest BCUT2D eigenvalue weighted by Crippen LogP contribution is -2.40. The third-order valence-electron chi connectivity index (χ3n) is 5.82. The highest BCUT2D eigenvalue weighted by Crippen LogP contribution is 2.43. The van der Waals surface area contributed by atoms with Crippen LogP contribution in [0.25, 0.3) is 10.9 Å². The minimum absolute atomic E-state index is 0.126. The molecular weight excluding hydrogens is 461 g/mol. The van der Waals surface area contributed by atoms with E-state index < -0.39 is 11.4 Å². The zero-order valence-corrected chi connectivity index (χ0v) is 18.8. The van der Waals surface area contributed by atoms with Gasteiger partial charge in [0.25, 0.3) is 0 Å². The topological polar surface area (TPSA) is 77.9 Å². The first-order valence-electron chi connectivity index (χ1n) is 10.4. The molecule has 0 unspecified atom stereocenters. The largest absolute Gasteiger partial charge is 0.368 e. The Balaban J connectivity index is 1.66. The van der Waals surface area contributed by atoms with Crippen molar-refractivity contribution in [3.05, 3.63) is 69.1 Å². The number of nitriles is 1. The highest BCUT2D eigenvalue weighted by Gasteiger charge is 2.42. The molecule has 1 aliphatic heterocycles. The summed E-state index contributed by atoms with van der Waals surface area (Å²) in [7, 11) is 0. The van der Waals surface area contributed by atoms with Crippen LogP contribution in [0.15, 0.2) is 40.9 Å². The second-order valence-electron chi connectivity index (χ2n) is 7.86. The van der Waals surface area contributed by atoms with Crippen LogP contribution in [0.2, 0.25) is 0 Å². The van der Waals surface area contributed by atoms with Gasteiger partial charge in [-0.3, -0.25) is 4.79 Å². The maximum atomic E-state index is 14.6. The molecule has 0 bridgehead atoms. The molecule has 2 heterocycles. The van der Waals surface area contributed by atoms with Gasteiger partial charge in [-0.15, -0.1) is 0 Å². The Bertz CT molecular complexity index is 1170. The first-order chi connectivity index (χ1) is 15.0. The number of carbonyl (C=O) groups is 1. The lowest BCUT2D eigenvalue weighted by Gasteiger charge is -2.37. The van der Waals surface area contributed by atoms with Crippen molar-refractivity contribution in [1.29, 1.82) is 5.26 Å². The van der Waals surface area contributed by atoms with E-state index >= 15 is 0 Å². The molecule has 1 amide bonds. The van der Waals surface area contributed by atoms with Crippen LogP contribution in [0.3, 0.4) is 0 Å². The van der Waals surface area contributed by atoms with E-state index in [4.69, 9.17) is 4.74 Å². The van der Waals surface area contributed by atoms with Gasteiger partial charge in [-0.2, -0.15) is 5.26 Å². The van der Waals surface area contributed by atoms with Gasteiger partial charge in [-0.05, 0) is 48.2 Å². The van der Waals surface area contributed by atoms with E-state index in [-0.39, 0.29) is 12.3 Å². The minimum atomic E-state index is -0.871. The fourth-order valence-electron chi connectivity index (χ4n) is 4.44. The van der Waals surface area contributed by atoms with E-state index in [1.807, 2.05) is 31.2 Å². The maximum Gasteiger partial charge on any atom is 0.223 e. The van der Waals surface area contributed by atoms with Crippen molar-refractivity contribution >= 4 is 32.7 Å². The molecule has 0 spiro atoms. The molecule has 1 aromatic heterocycles. The van der Waals surface area contributed by atoms with Gasteiger partial charge in [-0.1, -0.05) is 41.4 Å². The standard InChI is InChI=1S/C24H23BrFN3O2/c1-2-10-24(12-20(30)28-14-15-3-6-17(25)7-4-15)23-18(9-11-31-24)21-16(13-27)5-8-19(26)22(21)29-23/h3-8,29H,2,9-12,14H2,1H3,(H,28,30)/t24-/m1/s1. The minimum Gasteiger partial charge on any atom is -0.368 e. The van der Waals surface area contributed by atoms with Crippen LogP contribution in [-0.2, 0) is 28.1 Å². The summed E-state index contributed by atoms with van der Waals surface area (Å²) in [5, 5.41) is 13.1. The number of halogens is 2. The average Bonchev–Trinajstić information content (AvgIpc) is 3.16. The number of aromatic amines is 1. The number of fused-ring (bicyclic) bond motifs is 3. The van der Waals surface area contributed by atoms with Crippen LogP contribution >= 0.6 is 15.9 Å². The second-order valence-corrected chi connectivity index (χ2v) is 8.77. The van der Waals surface area contributed by atoms with Gasteiger partial charge >= 0.3 is 0 Å². The van der Waals surface area contributed by atoms with Crippen LogP contribution in [0.1, 0.15) is 48.6 Å². The van der Waals surface area contributed by atoms with Crippen molar-refractivity contribution in [2.75, 3.05) is 6.61 Å². The number of amides is 1. The summed E-state index contributed by atoms with van der Waals surface area (Å²) < 4.78 is 21.8. The molecule has 1 aliphatic rings. The Labute approximate surface area is 188 Å². The molecule has 2 N–H and O–H groups in total. The summed E-state index contributed by atoms with van der Waals surface area (Å²) in [6.45, 7) is 2.87. The Kier molecular flexibility index (Phi) is 6.12. The number of ether oxygens (including phenoxy) is 1. The molecule has 5 nitrogen and oxygen atoms in total. The zero-order chi connectivity index (χ0) is 22.0. The first-order valence-corrected chi connectivity index (χ1v) is 11.2. The van der Waals surface area contributed by atoms with Crippen LogP contribution < -0.4 is 5.32 Å². The number of hydrogen-bond donors (Lipinski definition) is 2. The molecule has 0 aliphatic carbocycles. The third kappa shape index (κ3) is 4.10. The summed E-state index contributed by atoms with van der Waals surface area (Å²) >= 11 is 3.41. The number of aromatic nitrogens is 1. The number of carbonyl (C=O) groups excluding carboxylic acids is 1. The number of rotatable bonds is 6. The predicted molar refractivity (Wildman–Crippen MR) is 120 cm³/mol. The molecule has 160 valence electrons. The van der Waals surface area contributed by atoms with E-state index in [0.717, 1.165) is 27.7 Å². The average molecular weight is 484 g/mol. The zero-order valence-electron chi connectivity index (χ0n) is 17.2. The molecule has 1 atom stereocenters. The Morgan fingerprint density at radius 3 is 2.81 bits per heavy atom. The second kappa shape index (κ2) is 8.81. The lowest BCUT2D eigenvalue weighted by atomic mass is 9.84. The van der Waals surface area contributed by atoms with Crippen LogP contribution in [0.5, 0.6) is 0 Å². The van der Waals surface area contributed by atoms with Crippen LogP contribution in [-0.4, -0.2) is 17.5 Å². The van der Waals surface area contributed by atoms with E-state index in [1.165, 1.54) is 12.1 Å². The molecule has 0 saturated carbocycles. The van der Waals surface area contributed by atoms with Gasteiger partial charge in [0.1, 0.15) is 11.4 Å². The number of nitrogens with zero attached hydrogens (tertiary/aromatic N) is 1. The summed E-state index contributed by atoms with van der Waals surface area (Å²) in [6.07, 6.45) is 2.10. The normalized spacial score (nSPS) is 17.9.